The second-order valence-electron chi connectivity index (χ2n) is 6.09. The molecule has 1 saturated carbocycles. The van der Waals surface area contributed by atoms with E-state index in [1.807, 2.05) is 38.1 Å². The SMILES string of the molecule is CCOc1cc(C=C2SC(=S)N(CC)C2=O)ccc1OC1CCCC1. The molecule has 4 nitrogen and oxygen atoms in total. The van der Waals surface area contributed by atoms with Crippen molar-refractivity contribution in [1.82, 2.24) is 4.90 Å². The van der Waals surface area contributed by atoms with Crippen LogP contribution in [-0.2, 0) is 4.79 Å². The molecule has 0 spiro atoms. The van der Waals surface area contributed by atoms with Crippen molar-refractivity contribution in [2.75, 3.05) is 13.2 Å². The van der Waals surface area contributed by atoms with Crippen LogP contribution in [0.15, 0.2) is 23.1 Å². The first-order chi connectivity index (χ1) is 12.1. The maximum atomic E-state index is 12.4. The van der Waals surface area contributed by atoms with Crippen LogP contribution in [-0.4, -0.2) is 34.4 Å². The van der Waals surface area contributed by atoms with Crippen LogP contribution in [0.3, 0.4) is 0 Å². The summed E-state index contributed by atoms with van der Waals surface area (Å²) in [6, 6.07) is 5.84. The number of hydrogen-bond donors (Lipinski definition) is 0. The summed E-state index contributed by atoms with van der Waals surface area (Å²) in [4.78, 5) is 14.6. The van der Waals surface area contributed by atoms with Gasteiger partial charge in [-0.15, -0.1) is 0 Å². The maximum Gasteiger partial charge on any atom is 0.266 e. The number of amides is 1. The molecule has 0 atom stereocenters. The standard InChI is InChI=1S/C19H23NO3S2/c1-3-20-18(21)17(25-19(20)24)12-13-9-10-15(16(11-13)22-4-2)23-14-7-5-6-8-14/h9-12,14H,3-8H2,1-2H3. The van der Waals surface area contributed by atoms with E-state index in [9.17, 15) is 4.79 Å². The summed E-state index contributed by atoms with van der Waals surface area (Å²) in [7, 11) is 0. The fourth-order valence-corrected chi connectivity index (χ4v) is 4.47. The van der Waals surface area contributed by atoms with Crippen LogP contribution in [0, 0.1) is 0 Å². The monoisotopic (exact) mass is 377 g/mol. The second kappa shape index (κ2) is 8.23. The molecule has 2 aliphatic rings. The fourth-order valence-electron chi connectivity index (χ4n) is 3.09. The van der Waals surface area contributed by atoms with E-state index in [-0.39, 0.29) is 12.0 Å². The Morgan fingerprint density at radius 1 is 1.28 bits per heavy atom. The third kappa shape index (κ3) is 4.18. The molecule has 1 aromatic carbocycles. The van der Waals surface area contributed by atoms with Gasteiger partial charge in [-0.25, -0.2) is 0 Å². The first-order valence-electron chi connectivity index (χ1n) is 8.81. The van der Waals surface area contributed by atoms with Gasteiger partial charge in [0.2, 0.25) is 0 Å². The molecule has 0 aromatic heterocycles. The Morgan fingerprint density at radius 2 is 2.04 bits per heavy atom. The maximum absolute atomic E-state index is 12.4. The summed E-state index contributed by atoms with van der Waals surface area (Å²) in [5.41, 5.74) is 0.916. The van der Waals surface area contributed by atoms with Gasteiger partial charge in [0, 0.05) is 6.54 Å². The van der Waals surface area contributed by atoms with Crippen molar-refractivity contribution in [2.24, 2.45) is 0 Å². The molecule has 1 amide bonds. The van der Waals surface area contributed by atoms with E-state index in [1.165, 1.54) is 24.6 Å². The quantitative estimate of drug-likeness (QED) is 0.534. The van der Waals surface area contributed by atoms with Gasteiger partial charge in [-0.1, -0.05) is 30.0 Å². The van der Waals surface area contributed by atoms with Crippen molar-refractivity contribution in [1.29, 1.82) is 0 Å². The van der Waals surface area contributed by atoms with Crippen molar-refractivity contribution in [3.63, 3.8) is 0 Å². The normalized spacial score (nSPS) is 19.9. The Labute approximate surface area is 158 Å². The third-order valence-electron chi connectivity index (χ3n) is 4.35. The Bertz CT molecular complexity index is 696. The number of ether oxygens (including phenoxy) is 2. The number of thiocarbonyl (C=S) groups is 1. The number of likely N-dealkylation sites (N-methyl/N-ethyl adjacent to an activating group) is 1. The first-order valence-corrected chi connectivity index (χ1v) is 10.0. The molecule has 0 unspecified atom stereocenters. The van der Waals surface area contributed by atoms with Gasteiger partial charge in [0.15, 0.2) is 11.5 Å². The number of nitrogens with zero attached hydrogens (tertiary/aromatic N) is 1. The molecule has 25 heavy (non-hydrogen) atoms. The van der Waals surface area contributed by atoms with Gasteiger partial charge in [0.25, 0.3) is 5.91 Å². The molecule has 6 heteroatoms. The van der Waals surface area contributed by atoms with Crippen LogP contribution in [0.25, 0.3) is 6.08 Å². The average Bonchev–Trinajstić information content (AvgIpc) is 3.19. The minimum atomic E-state index is -0.0262. The number of carbonyl (C=O) groups excluding carboxylic acids is 1. The lowest BCUT2D eigenvalue weighted by Gasteiger charge is -2.17. The van der Waals surface area contributed by atoms with Gasteiger partial charge >= 0.3 is 0 Å². The molecule has 0 N–H and O–H groups in total. The van der Waals surface area contributed by atoms with Crippen molar-refractivity contribution in [2.45, 2.75) is 45.6 Å². The Balaban J connectivity index is 1.82. The predicted octanol–water partition coefficient (Wildman–Crippen LogP) is 4.63. The van der Waals surface area contributed by atoms with Crippen LogP contribution in [0.2, 0.25) is 0 Å². The van der Waals surface area contributed by atoms with Crippen molar-refractivity contribution >= 4 is 40.3 Å². The van der Waals surface area contributed by atoms with Gasteiger partial charge in [0.05, 0.1) is 17.6 Å². The van der Waals surface area contributed by atoms with Crippen LogP contribution >= 0.6 is 24.0 Å². The van der Waals surface area contributed by atoms with Crippen molar-refractivity contribution < 1.29 is 14.3 Å². The van der Waals surface area contributed by atoms with Crippen LogP contribution in [0.1, 0.15) is 45.1 Å². The van der Waals surface area contributed by atoms with E-state index in [0.717, 1.165) is 29.9 Å². The minimum absolute atomic E-state index is 0.0262. The van der Waals surface area contributed by atoms with Crippen LogP contribution in [0.5, 0.6) is 11.5 Å². The number of thioether (sulfide) groups is 1. The Morgan fingerprint density at radius 3 is 2.68 bits per heavy atom. The molecule has 134 valence electrons. The molecule has 1 aromatic rings. The summed E-state index contributed by atoms with van der Waals surface area (Å²) < 4.78 is 12.5. The average molecular weight is 378 g/mol. The van der Waals surface area contributed by atoms with E-state index < -0.39 is 0 Å². The summed E-state index contributed by atoms with van der Waals surface area (Å²) >= 11 is 6.61. The first kappa shape index (κ1) is 18.3. The summed E-state index contributed by atoms with van der Waals surface area (Å²) in [6.45, 7) is 5.05. The summed E-state index contributed by atoms with van der Waals surface area (Å²) in [5, 5.41) is 0. The zero-order valence-electron chi connectivity index (χ0n) is 14.6. The Hall–Kier alpha value is -1.53. The molecular formula is C19H23NO3S2. The number of rotatable bonds is 6. The molecule has 1 aliphatic heterocycles. The molecule has 1 aliphatic carbocycles. The van der Waals surface area contributed by atoms with Crippen molar-refractivity contribution in [3.05, 3.63) is 28.7 Å². The predicted molar refractivity (Wildman–Crippen MR) is 106 cm³/mol. The number of carbonyl (C=O) groups is 1. The van der Waals surface area contributed by atoms with Gasteiger partial charge < -0.3 is 9.47 Å². The molecular weight excluding hydrogens is 354 g/mol. The van der Waals surface area contributed by atoms with Gasteiger partial charge in [0.1, 0.15) is 4.32 Å². The highest BCUT2D eigenvalue weighted by Gasteiger charge is 2.30. The topological polar surface area (TPSA) is 38.8 Å². The summed E-state index contributed by atoms with van der Waals surface area (Å²) in [5.74, 6) is 1.49. The largest absolute Gasteiger partial charge is 0.490 e. The van der Waals surface area contributed by atoms with Gasteiger partial charge in [-0.05, 0) is 63.3 Å². The lowest BCUT2D eigenvalue weighted by atomic mass is 10.1. The van der Waals surface area contributed by atoms with Gasteiger partial charge in [-0.3, -0.25) is 9.69 Å². The lowest BCUT2D eigenvalue weighted by molar-refractivity contribution is -0.121. The lowest BCUT2D eigenvalue weighted by Crippen LogP contribution is -2.27. The van der Waals surface area contributed by atoms with E-state index in [0.29, 0.717) is 22.4 Å². The van der Waals surface area contributed by atoms with E-state index >= 15 is 0 Å². The molecule has 0 radical (unpaired) electrons. The van der Waals surface area contributed by atoms with E-state index in [2.05, 4.69) is 0 Å². The molecule has 1 saturated heterocycles. The summed E-state index contributed by atoms with van der Waals surface area (Å²) in [6.07, 6.45) is 6.82. The van der Waals surface area contributed by atoms with Gasteiger partial charge in [-0.2, -0.15) is 0 Å². The highest BCUT2D eigenvalue weighted by atomic mass is 32.2. The zero-order chi connectivity index (χ0) is 17.8. The molecule has 0 bridgehead atoms. The number of hydrogen-bond acceptors (Lipinski definition) is 5. The second-order valence-corrected chi connectivity index (χ2v) is 7.77. The van der Waals surface area contributed by atoms with E-state index in [4.69, 9.17) is 21.7 Å². The van der Waals surface area contributed by atoms with Crippen molar-refractivity contribution in [3.8, 4) is 11.5 Å². The highest BCUT2D eigenvalue weighted by Crippen LogP contribution is 2.36. The Kier molecular flexibility index (Phi) is 6.02. The molecule has 2 fully saturated rings. The smallest absolute Gasteiger partial charge is 0.266 e. The van der Waals surface area contributed by atoms with Crippen LogP contribution < -0.4 is 9.47 Å². The van der Waals surface area contributed by atoms with E-state index in [1.54, 1.807) is 4.90 Å². The fraction of sp³-hybridized carbons (Fsp3) is 0.474. The molecule has 1 heterocycles. The molecule has 3 rings (SSSR count). The highest BCUT2D eigenvalue weighted by molar-refractivity contribution is 8.26. The number of benzene rings is 1. The third-order valence-corrected chi connectivity index (χ3v) is 5.73. The zero-order valence-corrected chi connectivity index (χ0v) is 16.3. The van der Waals surface area contributed by atoms with Crippen LogP contribution in [0.4, 0.5) is 0 Å². The minimum Gasteiger partial charge on any atom is -0.490 e.